The summed E-state index contributed by atoms with van der Waals surface area (Å²) in [4.78, 5) is 9.21. The molecule has 0 unspecified atom stereocenters. The van der Waals surface area contributed by atoms with E-state index in [2.05, 4.69) is 28.2 Å². The maximum Gasteiger partial charge on any atom is 0.223 e. The minimum absolute atomic E-state index is 0.221. The molecule has 3 rings (SSSR count). The first kappa shape index (κ1) is 11.3. The van der Waals surface area contributed by atoms with E-state index in [1.165, 1.54) is 35.3 Å². The van der Waals surface area contributed by atoms with E-state index in [0.717, 1.165) is 5.03 Å². The number of rotatable bonds is 2. The Bertz CT molecular complexity index is 577. The summed E-state index contributed by atoms with van der Waals surface area (Å²) in [5.74, 6) is 0.629. The largest absolute Gasteiger partial charge is 0.383 e. The van der Waals surface area contributed by atoms with Crippen molar-refractivity contribution in [3.63, 3.8) is 0 Å². The monoisotopic (exact) mass is 258 g/mol. The molecule has 0 bridgehead atoms. The highest BCUT2D eigenvalue weighted by molar-refractivity contribution is 7.99. The Morgan fingerprint density at radius 1 is 1.00 bits per heavy atom. The second-order valence-corrected chi connectivity index (χ2v) is 5.47. The summed E-state index contributed by atoms with van der Waals surface area (Å²) in [5, 5.41) is 0.790. The Morgan fingerprint density at radius 3 is 2.67 bits per heavy atom. The predicted molar refractivity (Wildman–Crippen MR) is 73.4 cm³/mol. The number of nitrogens with two attached hydrogens (primary N) is 2. The topological polar surface area (TPSA) is 77.8 Å². The zero-order chi connectivity index (χ0) is 12.5. The Hall–Kier alpha value is -1.75. The molecule has 0 aliphatic heterocycles. The van der Waals surface area contributed by atoms with Gasteiger partial charge in [-0.1, -0.05) is 17.8 Å². The molecule has 1 aliphatic rings. The molecular weight excluding hydrogens is 244 g/mol. The van der Waals surface area contributed by atoms with Crippen LogP contribution in [0.2, 0.25) is 0 Å². The van der Waals surface area contributed by atoms with Gasteiger partial charge in [-0.15, -0.1) is 0 Å². The number of aromatic nitrogens is 2. The molecule has 0 saturated heterocycles. The highest BCUT2D eigenvalue weighted by atomic mass is 32.2. The lowest BCUT2D eigenvalue weighted by atomic mass is 10.1. The molecule has 5 heteroatoms. The lowest BCUT2D eigenvalue weighted by Gasteiger charge is -2.05. The molecule has 18 heavy (non-hydrogen) atoms. The zero-order valence-corrected chi connectivity index (χ0v) is 10.7. The van der Waals surface area contributed by atoms with Crippen LogP contribution in [0.5, 0.6) is 0 Å². The van der Waals surface area contributed by atoms with Crippen LogP contribution in [-0.2, 0) is 12.8 Å². The van der Waals surface area contributed by atoms with E-state index < -0.39 is 0 Å². The lowest BCUT2D eigenvalue weighted by Crippen LogP contribution is -1.99. The molecular formula is C13H14N4S. The first-order valence-corrected chi connectivity index (χ1v) is 6.72. The van der Waals surface area contributed by atoms with E-state index in [4.69, 9.17) is 11.5 Å². The summed E-state index contributed by atoms with van der Waals surface area (Å²) < 4.78 is 0. The van der Waals surface area contributed by atoms with Crippen LogP contribution in [0.25, 0.3) is 0 Å². The molecule has 1 heterocycles. The average Bonchev–Trinajstić information content (AvgIpc) is 2.74. The third-order valence-electron chi connectivity index (χ3n) is 3.03. The fraction of sp³-hybridized carbons (Fsp3) is 0.231. The van der Waals surface area contributed by atoms with Gasteiger partial charge >= 0.3 is 0 Å². The van der Waals surface area contributed by atoms with Gasteiger partial charge in [0.25, 0.3) is 0 Å². The van der Waals surface area contributed by atoms with Crippen molar-refractivity contribution in [2.75, 3.05) is 11.5 Å². The van der Waals surface area contributed by atoms with E-state index in [-0.39, 0.29) is 5.95 Å². The van der Waals surface area contributed by atoms with Crippen LogP contribution in [0.4, 0.5) is 11.8 Å². The summed E-state index contributed by atoms with van der Waals surface area (Å²) in [6.45, 7) is 0. The smallest absolute Gasteiger partial charge is 0.223 e. The SMILES string of the molecule is Nc1cc(Sc2ccc3c(c2)CCC3)nc(N)n1. The fourth-order valence-corrected chi connectivity index (χ4v) is 3.14. The average molecular weight is 258 g/mol. The van der Waals surface area contributed by atoms with Gasteiger partial charge in [0.15, 0.2) is 0 Å². The molecule has 1 aliphatic carbocycles. The van der Waals surface area contributed by atoms with Crippen molar-refractivity contribution in [3.05, 3.63) is 35.4 Å². The molecule has 0 spiro atoms. The Kier molecular flexibility index (Phi) is 2.83. The Labute approximate surface area is 110 Å². The number of fused-ring (bicyclic) bond motifs is 1. The van der Waals surface area contributed by atoms with Gasteiger partial charge in [-0.05, 0) is 42.5 Å². The Balaban J connectivity index is 1.88. The van der Waals surface area contributed by atoms with Crippen LogP contribution in [-0.4, -0.2) is 9.97 Å². The highest BCUT2D eigenvalue weighted by Crippen LogP contribution is 2.31. The van der Waals surface area contributed by atoms with Crippen molar-refractivity contribution in [3.8, 4) is 0 Å². The van der Waals surface area contributed by atoms with Gasteiger partial charge in [0.05, 0.1) is 0 Å². The molecule has 0 atom stereocenters. The van der Waals surface area contributed by atoms with Gasteiger partial charge < -0.3 is 11.5 Å². The van der Waals surface area contributed by atoms with Crippen LogP contribution in [0.15, 0.2) is 34.2 Å². The molecule has 1 aromatic carbocycles. The van der Waals surface area contributed by atoms with Gasteiger partial charge in [0.1, 0.15) is 10.8 Å². The first-order chi connectivity index (χ1) is 8.70. The van der Waals surface area contributed by atoms with Gasteiger partial charge in [-0.2, -0.15) is 4.98 Å². The van der Waals surface area contributed by atoms with E-state index in [9.17, 15) is 0 Å². The van der Waals surface area contributed by atoms with Crippen molar-refractivity contribution < 1.29 is 0 Å². The summed E-state index contributed by atoms with van der Waals surface area (Å²) in [6, 6.07) is 8.32. The summed E-state index contributed by atoms with van der Waals surface area (Å²) in [7, 11) is 0. The molecule has 0 fully saturated rings. The van der Waals surface area contributed by atoms with E-state index in [1.807, 2.05) is 0 Å². The third-order valence-corrected chi connectivity index (χ3v) is 3.94. The second-order valence-electron chi connectivity index (χ2n) is 4.38. The molecule has 2 aromatic rings. The summed E-state index contributed by atoms with van der Waals surface area (Å²) in [6.07, 6.45) is 3.64. The summed E-state index contributed by atoms with van der Waals surface area (Å²) >= 11 is 1.57. The maximum absolute atomic E-state index is 5.66. The standard InChI is InChI=1S/C13H14N4S/c14-11-7-12(17-13(15)16-11)18-10-5-4-8-2-1-3-9(8)6-10/h4-7H,1-3H2,(H4,14,15,16,17). The van der Waals surface area contributed by atoms with E-state index in [1.54, 1.807) is 17.8 Å². The number of anilines is 2. The third kappa shape index (κ3) is 2.26. The van der Waals surface area contributed by atoms with Gasteiger partial charge in [0.2, 0.25) is 5.95 Å². The first-order valence-electron chi connectivity index (χ1n) is 5.90. The number of hydrogen-bond donors (Lipinski definition) is 2. The molecule has 92 valence electrons. The van der Waals surface area contributed by atoms with Gasteiger partial charge in [-0.25, -0.2) is 4.98 Å². The van der Waals surface area contributed by atoms with Crippen molar-refractivity contribution in [2.24, 2.45) is 0 Å². The highest BCUT2D eigenvalue weighted by Gasteiger charge is 2.11. The fourth-order valence-electron chi connectivity index (χ4n) is 2.25. The van der Waals surface area contributed by atoms with Crippen molar-refractivity contribution in [2.45, 2.75) is 29.2 Å². The quantitative estimate of drug-likeness (QED) is 0.808. The predicted octanol–water partition coefficient (Wildman–Crippen LogP) is 2.28. The van der Waals surface area contributed by atoms with E-state index in [0.29, 0.717) is 5.82 Å². The van der Waals surface area contributed by atoms with Crippen molar-refractivity contribution in [1.29, 1.82) is 0 Å². The molecule has 0 radical (unpaired) electrons. The van der Waals surface area contributed by atoms with Crippen molar-refractivity contribution in [1.82, 2.24) is 9.97 Å². The molecule has 0 amide bonds. The minimum Gasteiger partial charge on any atom is -0.383 e. The Morgan fingerprint density at radius 2 is 1.83 bits per heavy atom. The lowest BCUT2D eigenvalue weighted by molar-refractivity contribution is 0.911. The second kappa shape index (κ2) is 4.49. The maximum atomic E-state index is 5.66. The van der Waals surface area contributed by atoms with Crippen molar-refractivity contribution >= 4 is 23.5 Å². The van der Waals surface area contributed by atoms with Crippen LogP contribution >= 0.6 is 11.8 Å². The van der Waals surface area contributed by atoms with Gasteiger partial charge in [0, 0.05) is 11.0 Å². The number of benzene rings is 1. The van der Waals surface area contributed by atoms with Crippen LogP contribution in [0, 0.1) is 0 Å². The summed E-state index contributed by atoms with van der Waals surface area (Å²) in [5.41, 5.74) is 14.2. The number of hydrogen-bond acceptors (Lipinski definition) is 5. The normalized spacial score (nSPS) is 13.6. The number of nitrogen functional groups attached to an aromatic ring is 2. The number of aryl methyl sites for hydroxylation is 2. The van der Waals surface area contributed by atoms with Gasteiger partial charge in [-0.3, -0.25) is 0 Å². The minimum atomic E-state index is 0.221. The molecule has 1 aromatic heterocycles. The molecule has 4 nitrogen and oxygen atoms in total. The zero-order valence-electron chi connectivity index (χ0n) is 9.89. The van der Waals surface area contributed by atoms with Crippen LogP contribution < -0.4 is 11.5 Å². The van der Waals surface area contributed by atoms with E-state index >= 15 is 0 Å². The molecule has 4 N–H and O–H groups in total. The molecule has 0 saturated carbocycles. The number of nitrogens with zero attached hydrogens (tertiary/aromatic N) is 2. The van der Waals surface area contributed by atoms with Crippen LogP contribution in [0.3, 0.4) is 0 Å². The van der Waals surface area contributed by atoms with Crippen LogP contribution in [0.1, 0.15) is 17.5 Å².